The minimum Gasteiger partial charge on any atom is -0.396 e. The van der Waals surface area contributed by atoms with Crippen LogP contribution in [-0.2, 0) is 12.6 Å². The number of aryl methyl sites for hydroxylation is 1. The van der Waals surface area contributed by atoms with Crippen molar-refractivity contribution in [1.82, 2.24) is 4.98 Å². The Labute approximate surface area is 137 Å². The molecule has 0 bridgehead atoms. The number of alkyl halides is 3. The fourth-order valence-corrected chi connectivity index (χ4v) is 2.78. The van der Waals surface area contributed by atoms with E-state index in [4.69, 9.17) is 5.11 Å². The summed E-state index contributed by atoms with van der Waals surface area (Å²) < 4.78 is 39.8. The maximum Gasteiger partial charge on any atom is 0.418 e. The number of halogens is 3. The molecule has 0 radical (unpaired) electrons. The van der Waals surface area contributed by atoms with Gasteiger partial charge in [-0.3, -0.25) is 0 Å². The van der Waals surface area contributed by atoms with Crippen molar-refractivity contribution in [2.24, 2.45) is 0 Å². The van der Waals surface area contributed by atoms with E-state index in [2.05, 4.69) is 4.98 Å². The van der Waals surface area contributed by atoms with Gasteiger partial charge in [-0.2, -0.15) is 13.2 Å². The maximum absolute atomic E-state index is 13.3. The molecule has 0 aliphatic rings. The Morgan fingerprint density at radius 1 is 0.958 bits per heavy atom. The molecule has 0 fully saturated rings. The molecule has 0 unspecified atom stereocenters. The second kappa shape index (κ2) is 6.61. The van der Waals surface area contributed by atoms with Crippen molar-refractivity contribution in [2.45, 2.75) is 19.0 Å². The summed E-state index contributed by atoms with van der Waals surface area (Å²) in [6.07, 6.45) is -3.36. The van der Waals surface area contributed by atoms with Crippen LogP contribution >= 0.6 is 0 Å². The van der Waals surface area contributed by atoms with E-state index in [1.807, 2.05) is 30.3 Å². The van der Waals surface area contributed by atoms with Crippen LogP contribution in [0.1, 0.15) is 17.5 Å². The van der Waals surface area contributed by atoms with Crippen LogP contribution in [0, 0.1) is 0 Å². The number of aliphatic hydroxyl groups excluding tert-OH is 1. The standard InChI is InChI=1S/C19H16F3NO/c20-19(21,22)16-10-4-8-15-12-14(9-5-11-24)17(23-18(15)16)13-6-2-1-3-7-13/h1-4,6-8,10,12,24H,5,9,11H2. The number of rotatable bonds is 4. The Hall–Kier alpha value is -2.40. The van der Waals surface area contributed by atoms with E-state index in [1.165, 1.54) is 6.07 Å². The second-order valence-electron chi connectivity index (χ2n) is 5.56. The van der Waals surface area contributed by atoms with Crippen LogP contribution in [0.3, 0.4) is 0 Å². The number of fused-ring (bicyclic) bond motifs is 1. The van der Waals surface area contributed by atoms with Gasteiger partial charge in [-0.15, -0.1) is 0 Å². The van der Waals surface area contributed by atoms with Crippen molar-refractivity contribution in [3.63, 3.8) is 0 Å². The molecule has 0 saturated heterocycles. The Kier molecular flexibility index (Phi) is 4.53. The molecular formula is C19H16F3NO. The zero-order valence-corrected chi connectivity index (χ0v) is 12.8. The molecule has 0 amide bonds. The Balaban J connectivity index is 2.26. The predicted molar refractivity (Wildman–Crippen MR) is 87.6 cm³/mol. The molecule has 0 atom stereocenters. The lowest BCUT2D eigenvalue weighted by Crippen LogP contribution is -2.07. The monoisotopic (exact) mass is 331 g/mol. The number of aliphatic hydroxyl groups is 1. The Morgan fingerprint density at radius 2 is 1.71 bits per heavy atom. The molecule has 0 aliphatic heterocycles. The zero-order valence-electron chi connectivity index (χ0n) is 12.8. The second-order valence-corrected chi connectivity index (χ2v) is 5.56. The van der Waals surface area contributed by atoms with E-state index in [9.17, 15) is 13.2 Å². The number of pyridine rings is 1. The van der Waals surface area contributed by atoms with Crippen molar-refractivity contribution in [1.29, 1.82) is 0 Å². The van der Waals surface area contributed by atoms with Crippen molar-refractivity contribution in [3.05, 3.63) is 65.7 Å². The van der Waals surface area contributed by atoms with Gasteiger partial charge < -0.3 is 5.11 Å². The van der Waals surface area contributed by atoms with Gasteiger partial charge >= 0.3 is 6.18 Å². The van der Waals surface area contributed by atoms with Gasteiger partial charge in [0.25, 0.3) is 0 Å². The Morgan fingerprint density at radius 3 is 2.38 bits per heavy atom. The average Bonchev–Trinajstić information content (AvgIpc) is 2.58. The van der Waals surface area contributed by atoms with Gasteiger partial charge in [0.1, 0.15) is 0 Å². The van der Waals surface area contributed by atoms with Crippen LogP contribution in [0.25, 0.3) is 22.2 Å². The highest BCUT2D eigenvalue weighted by molar-refractivity contribution is 5.86. The van der Waals surface area contributed by atoms with Crippen molar-refractivity contribution in [2.75, 3.05) is 6.61 Å². The highest BCUT2D eigenvalue weighted by atomic mass is 19.4. The average molecular weight is 331 g/mol. The van der Waals surface area contributed by atoms with E-state index in [0.717, 1.165) is 17.2 Å². The van der Waals surface area contributed by atoms with Gasteiger partial charge in [-0.25, -0.2) is 4.98 Å². The van der Waals surface area contributed by atoms with Gasteiger partial charge in [0.15, 0.2) is 0 Å². The third-order valence-electron chi connectivity index (χ3n) is 3.88. The lowest BCUT2D eigenvalue weighted by atomic mass is 9.98. The highest BCUT2D eigenvalue weighted by Crippen LogP contribution is 2.36. The third-order valence-corrected chi connectivity index (χ3v) is 3.88. The number of para-hydroxylation sites is 1. The third kappa shape index (κ3) is 3.26. The number of nitrogens with zero attached hydrogens (tertiary/aromatic N) is 1. The van der Waals surface area contributed by atoms with Crippen molar-refractivity contribution >= 4 is 10.9 Å². The van der Waals surface area contributed by atoms with Crippen LogP contribution in [0.2, 0.25) is 0 Å². The lowest BCUT2D eigenvalue weighted by Gasteiger charge is -2.14. The van der Waals surface area contributed by atoms with Crippen LogP contribution < -0.4 is 0 Å². The molecule has 1 heterocycles. The van der Waals surface area contributed by atoms with Crippen LogP contribution in [-0.4, -0.2) is 16.7 Å². The topological polar surface area (TPSA) is 33.1 Å². The molecule has 1 N–H and O–H groups in total. The van der Waals surface area contributed by atoms with Gasteiger partial charge in [0, 0.05) is 17.6 Å². The van der Waals surface area contributed by atoms with E-state index < -0.39 is 11.7 Å². The summed E-state index contributed by atoms with van der Waals surface area (Å²) in [6, 6.07) is 15.0. The lowest BCUT2D eigenvalue weighted by molar-refractivity contribution is -0.136. The smallest absolute Gasteiger partial charge is 0.396 e. The summed E-state index contributed by atoms with van der Waals surface area (Å²) in [4.78, 5) is 4.36. The largest absolute Gasteiger partial charge is 0.418 e. The van der Waals surface area contributed by atoms with E-state index >= 15 is 0 Å². The van der Waals surface area contributed by atoms with Gasteiger partial charge in [-0.1, -0.05) is 42.5 Å². The summed E-state index contributed by atoms with van der Waals surface area (Å²) in [7, 11) is 0. The molecule has 3 rings (SSSR count). The molecule has 2 aromatic carbocycles. The number of hydrogen-bond donors (Lipinski definition) is 1. The molecule has 24 heavy (non-hydrogen) atoms. The first-order valence-corrected chi connectivity index (χ1v) is 7.67. The van der Waals surface area contributed by atoms with Crippen LogP contribution in [0.4, 0.5) is 13.2 Å². The SMILES string of the molecule is OCCCc1cc2cccc(C(F)(F)F)c2nc1-c1ccccc1. The Bertz CT molecular complexity index is 844. The van der Waals surface area contributed by atoms with Crippen LogP contribution in [0.15, 0.2) is 54.6 Å². The number of hydrogen-bond acceptors (Lipinski definition) is 2. The zero-order chi connectivity index (χ0) is 17.2. The first kappa shape index (κ1) is 16.5. The molecule has 124 valence electrons. The van der Waals surface area contributed by atoms with Gasteiger partial charge in [-0.05, 0) is 30.5 Å². The quantitative estimate of drug-likeness (QED) is 0.742. The minimum atomic E-state index is -4.45. The molecule has 2 nitrogen and oxygen atoms in total. The fourth-order valence-electron chi connectivity index (χ4n) is 2.78. The maximum atomic E-state index is 13.3. The predicted octanol–water partition coefficient (Wildman–Crippen LogP) is 4.85. The minimum absolute atomic E-state index is 0.0227. The number of benzene rings is 2. The summed E-state index contributed by atoms with van der Waals surface area (Å²) >= 11 is 0. The molecule has 3 aromatic rings. The van der Waals surface area contributed by atoms with E-state index in [1.54, 1.807) is 12.1 Å². The number of aromatic nitrogens is 1. The summed E-state index contributed by atoms with van der Waals surface area (Å²) in [5.74, 6) is 0. The van der Waals surface area contributed by atoms with E-state index in [0.29, 0.717) is 23.9 Å². The van der Waals surface area contributed by atoms with Gasteiger partial charge in [0.05, 0.1) is 16.8 Å². The van der Waals surface area contributed by atoms with E-state index in [-0.39, 0.29) is 12.1 Å². The molecule has 0 aliphatic carbocycles. The summed E-state index contributed by atoms with van der Waals surface area (Å²) in [5.41, 5.74) is 1.36. The fraction of sp³-hybridized carbons (Fsp3) is 0.211. The molecule has 1 aromatic heterocycles. The van der Waals surface area contributed by atoms with Crippen molar-refractivity contribution in [3.8, 4) is 11.3 Å². The normalized spacial score (nSPS) is 11.8. The summed E-state index contributed by atoms with van der Waals surface area (Å²) in [6.45, 7) is 0.0227. The summed E-state index contributed by atoms with van der Waals surface area (Å²) in [5, 5.41) is 9.54. The first-order chi connectivity index (χ1) is 11.5. The molecule has 0 spiro atoms. The first-order valence-electron chi connectivity index (χ1n) is 7.67. The molecule has 0 saturated carbocycles. The highest BCUT2D eigenvalue weighted by Gasteiger charge is 2.33. The van der Waals surface area contributed by atoms with Gasteiger partial charge in [0.2, 0.25) is 0 Å². The van der Waals surface area contributed by atoms with Crippen LogP contribution in [0.5, 0.6) is 0 Å². The van der Waals surface area contributed by atoms with Crippen molar-refractivity contribution < 1.29 is 18.3 Å². The molecular weight excluding hydrogens is 315 g/mol. The molecule has 5 heteroatoms.